The number of imidazole rings is 1. The van der Waals surface area contributed by atoms with Crippen molar-refractivity contribution in [2.75, 3.05) is 5.75 Å². The fraction of sp³-hybridized carbons (Fsp3) is 0.348. The van der Waals surface area contributed by atoms with Crippen LogP contribution in [0.4, 0.5) is 4.39 Å². The summed E-state index contributed by atoms with van der Waals surface area (Å²) in [5.41, 5.74) is 4.05. The molecule has 2 heterocycles. The Labute approximate surface area is 173 Å². The van der Waals surface area contributed by atoms with E-state index in [9.17, 15) is 8.60 Å². The van der Waals surface area contributed by atoms with Crippen LogP contribution in [0.15, 0.2) is 54.7 Å². The van der Waals surface area contributed by atoms with Crippen molar-refractivity contribution in [3.63, 3.8) is 0 Å². The molecule has 3 aromatic rings. The summed E-state index contributed by atoms with van der Waals surface area (Å²) >= 11 is 0. The van der Waals surface area contributed by atoms with Gasteiger partial charge in [0, 0.05) is 30.5 Å². The van der Waals surface area contributed by atoms with Gasteiger partial charge >= 0.3 is 0 Å². The molecule has 3 atom stereocenters. The van der Waals surface area contributed by atoms with Crippen LogP contribution >= 0.6 is 0 Å². The number of benzene rings is 2. The molecule has 0 saturated heterocycles. The Balaban J connectivity index is 1.65. The molecule has 3 unspecified atom stereocenters. The van der Waals surface area contributed by atoms with Crippen LogP contribution in [-0.2, 0) is 24.0 Å². The van der Waals surface area contributed by atoms with Crippen LogP contribution in [0.25, 0.3) is 11.1 Å². The van der Waals surface area contributed by atoms with Crippen molar-refractivity contribution in [3.8, 4) is 11.1 Å². The van der Waals surface area contributed by atoms with Crippen LogP contribution in [-0.4, -0.2) is 25.6 Å². The third-order valence-corrected chi connectivity index (χ3v) is 6.60. The molecule has 0 bridgehead atoms. The average Bonchev–Trinajstić information content (AvgIpc) is 3.10. The van der Waals surface area contributed by atoms with Gasteiger partial charge in [-0.25, -0.2) is 18.3 Å². The molecule has 1 aliphatic rings. The summed E-state index contributed by atoms with van der Waals surface area (Å²) in [5.74, 6) is 1.54. The number of fused-ring (bicyclic) bond motifs is 1. The Morgan fingerprint density at radius 2 is 1.97 bits per heavy atom. The SMILES string of the molecule is CCS(=O)NC1CCn2cc(C)nc2C1Cc1cccc(-c2cccc(F)c2)c1. The van der Waals surface area contributed by atoms with Gasteiger partial charge in [-0.2, -0.15) is 0 Å². The molecule has 152 valence electrons. The topological polar surface area (TPSA) is 46.9 Å². The summed E-state index contributed by atoms with van der Waals surface area (Å²) in [6.45, 7) is 4.82. The first kappa shape index (κ1) is 20.0. The Hall–Kier alpha value is -2.31. The Morgan fingerprint density at radius 1 is 1.21 bits per heavy atom. The van der Waals surface area contributed by atoms with E-state index in [-0.39, 0.29) is 17.8 Å². The van der Waals surface area contributed by atoms with E-state index in [0.29, 0.717) is 5.75 Å². The second kappa shape index (κ2) is 8.59. The maximum atomic E-state index is 13.7. The third kappa shape index (κ3) is 4.49. The van der Waals surface area contributed by atoms with Crippen molar-refractivity contribution < 1.29 is 8.60 Å². The van der Waals surface area contributed by atoms with Gasteiger partial charge in [0.25, 0.3) is 0 Å². The van der Waals surface area contributed by atoms with Gasteiger partial charge in [0.05, 0.1) is 16.7 Å². The standard InChI is InChI=1S/C23H26FN3OS/c1-3-29(28)26-22-10-11-27-15-16(2)25-23(27)21(22)13-17-6-4-7-18(12-17)19-8-5-9-20(24)14-19/h4-9,12,14-15,21-22,26H,3,10-11,13H2,1-2H3. The maximum Gasteiger partial charge on any atom is 0.123 e. The highest BCUT2D eigenvalue weighted by atomic mass is 32.2. The Morgan fingerprint density at radius 3 is 2.72 bits per heavy atom. The van der Waals surface area contributed by atoms with Crippen molar-refractivity contribution in [1.82, 2.24) is 14.3 Å². The first-order chi connectivity index (χ1) is 14.0. The zero-order valence-corrected chi connectivity index (χ0v) is 17.6. The monoisotopic (exact) mass is 411 g/mol. The van der Waals surface area contributed by atoms with Gasteiger partial charge in [0.15, 0.2) is 0 Å². The molecule has 0 fully saturated rings. The molecule has 4 rings (SSSR count). The molecular weight excluding hydrogens is 385 g/mol. The number of halogens is 1. The fourth-order valence-electron chi connectivity index (χ4n) is 4.13. The lowest BCUT2D eigenvalue weighted by Gasteiger charge is -2.32. The molecule has 1 aromatic heterocycles. The van der Waals surface area contributed by atoms with Crippen molar-refractivity contribution in [2.24, 2.45) is 0 Å². The summed E-state index contributed by atoms with van der Waals surface area (Å²) in [4.78, 5) is 4.78. The van der Waals surface area contributed by atoms with E-state index in [1.807, 2.05) is 32.0 Å². The lowest BCUT2D eigenvalue weighted by Crippen LogP contribution is -2.42. The van der Waals surface area contributed by atoms with E-state index < -0.39 is 11.0 Å². The number of aromatic nitrogens is 2. The van der Waals surface area contributed by atoms with Gasteiger partial charge in [-0.3, -0.25) is 0 Å². The van der Waals surface area contributed by atoms with E-state index in [1.54, 1.807) is 12.1 Å². The number of hydrogen-bond acceptors (Lipinski definition) is 2. The lowest BCUT2D eigenvalue weighted by molar-refractivity contribution is 0.366. The van der Waals surface area contributed by atoms with Crippen molar-refractivity contribution >= 4 is 11.0 Å². The fourth-order valence-corrected chi connectivity index (χ4v) is 4.91. The van der Waals surface area contributed by atoms with Gasteiger partial charge < -0.3 is 4.57 Å². The van der Waals surface area contributed by atoms with Crippen molar-refractivity contribution in [3.05, 3.63) is 77.6 Å². The van der Waals surface area contributed by atoms with Crippen LogP contribution in [0, 0.1) is 12.7 Å². The normalized spacial score (nSPS) is 19.7. The number of nitrogens with zero attached hydrogens (tertiary/aromatic N) is 2. The molecule has 0 aliphatic carbocycles. The smallest absolute Gasteiger partial charge is 0.123 e. The molecule has 4 nitrogen and oxygen atoms in total. The van der Waals surface area contributed by atoms with E-state index in [0.717, 1.165) is 42.0 Å². The minimum absolute atomic E-state index is 0.114. The molecule has 29 heavy (non-hydrogen) atoms. The first-order valence-corrected chi connectivity index (χ1v) is 11.4. The van der Waals surface area contributed by atoms with Gasteiger partial charge in [0.2, 0.25) is 0 Å². The zero-order valence-electron chi connectivity index (χ0n) is 16.8. The van der Waals surface area contributed by atoms with E-state index in [2.05, 4.69) is 27.6 Å². The maximum absolute atomic E-state index is 13.7. The third-order valence-electron chi connectivity index (χ3n) is 5.51. The predicted octanol–water partition coefficient (Wildman–Crippen LogP) is 4.37. The number of hydrogen-bond donors (Lipinski definition) is 1. The number of nitrogens with one attached hydrogen (secondary N) is 1. The minimum atomic E-state index is -1.04. The second-order valence-electron chi connectivity index (χ2n) is 7.60. The van der Waals surface area contributed by atoms with Crippen LogP contribution in [0.2, 0.25) is 0 Å². The van der Waals surface area contributed by atoms with Gasteiger partial charge in [0.1, 0.15) is 11.6 Å². The second-order valence-corrected chi connectivity index (χ2v) is 9.11. The van der Waals surface area contributed by atoms with Crippen LogP contribution in [0.3, 0.4) is 0 Å². The summed E-state index contributed by atoms with van der Waals surface area (Å²) in [7, 11) is -1.04. The number of aryl methyl sites for hydroxylation is 2. The molecule has 1 N–H and O–H groups in total. The molecular formula is C23H26FN3OS. The number of rotatable bonds is 6. The highest BCUT2D eigenvalue weighted by Gasteiger charge is 2.32. The lowest BCUT2D eigenvalue weighted by atomic mass is 9.87. The summed E-state index contributed by atoms with van der Waals surface area (Å²) in [6, 6.07) is 15.0. The van der Waals surface area contributed by atoms with Gasteiger partial charge in [-0.05, 0) is 48.6 Å². The van der Waals surface area contributed by atoms with E-state index in [1.165, 1.54) is 11.6 Å². The van der Waals surface area contributed by atoms with E-state index >= 15 is 0 Å². The largest absolute Gasteiger partial charge is 0.334 e. The minimum Gasteiger partial charge on any atom is -0.334 e. The predicted molar refractivity (Wildman–Crippen MR) is 115 cm³/mol. The van der Waals surface area contributed by atoms with Crippen molar-refractivity contribution in [2.45, 2.75) is 45.2 Å². The van der Waals surface area contributed by atoms with Gasteiger partial charge in [-0.15, -0.1) is 0 Å². The summed E-state index contributed by atoms with van der Waals surface area (Å²) in [5, 5.41) is 0. The van der Waals surface area contributed by atoms with Crippen molar-refractivity contribution in [1.29, 1.82) is 0 Å². The molecule has 0 saturated carbocycles. The van der Waals surface area contributed by atoms with Crippen LogP contribution in [0.5, 0.6) is 0 Å². The summed E-state index contributed by atoms with van der Waals surface area (Å²) < 4.78 is 31.4. The average molecular weight is 412 g/mol. The quantitative estimate of drug-likeness (QED) is 0.655. The van der Waals surface area contributed by atoms with Crippen LogP contribution in [0.1, 0.15) is 36.3 Å². The van der Waals surface area contributed by atoms with Gasteiger partial charge in [-0.1, -0.05) is 43.3 Å². The molecule has 2 aromatic carbocycles. The molecule has 0 amide bonds. The highest BCUT2D eigenvalue weighted by Crippen LogP contribution is 2.32. The highest BCUT2D eigenvalue weighted by molar-refractivity contribution is 7.83. The molecule has 6 heteroatoms. The molecule has 1 aliphatic heterocycles. The van der Waals surface area contributed by atoms with E-state index in [4.69, 9.17) is 4.98 Å². The summed E-state index contributed by atoms with van der Waals surface area (Å²) in [6.07, 6.45) is 3.81. The Bertz CT molecular complexity index is 1030. The Kier molecular flexibility index (Phi) is 5.92. The molecule has 0 radical (unpaired) electrons. The first-order valence-electron chi connectivity index (χ1n) is 10.1. The molecule has 0 spiro atoms. The van der Waals surface area contributed by atoms with Crippen LogP contribution < -0.4 is 4.72 Å². The zero-order chi connectivity index (χ0) is 20.4.